The molecule has 0 radical (unpaired) electrons. The van der Waals surface area contributed by atoms with E-state index in [1.54, 1.807) is 13.0 Å². The maximum atomic E-state index is 12.8. The highest BCUT2D eigenvalue weighted by Crippen LogP contribution is 2.24. The van der Waals surface area contributed by atoms with Crippen molar-refractivity contribution < 1.29 is 9.59 Å². The van der Waals surface area contributed by atoms with Gasteiger partial charge in [-0.3, -0.25) is 14.5 Å². The number of amides is 1. The number of benzene rings is 2. The Morgan fingerprint density at radius 2 is 1.82 bits per heavy atom. The fraction of sp³-hybridized carbons (Fsp3) is 0.308. The van der Waals surface area contributed by atoms with Gasteiger partial charge in [-0.25, -0.2) is 4.98 Å². The first-order valence-electron chi connectivity index (χ1n) is 11.0. The van der Waals surface area contributed by atoms with E-state index in [9.17, 15) is 14.9 Å². The number of hydrogen-bond acceptors (Lipinski definition) is 6. The molecule has 168 valence electrons. The number of carbonyl (C=O) groups is 2. The zero-order chi connectivity index (χ0) is 23.4. The Labute approximate surface area is 198 Å². The first kappa shape index (κ1) is 23.0. The van der Waals surface area contributed by atoms with Crippen LogP contribution in [0.4, 0.5) is 0 Å². The van der Waals surface area contributed by atoms with Crippen LogP contribution in [0, 0.1) is 18.3 Å². The number of nitrogens with zero attached hydrogens (tertiary/aromatic N) is 4. The monoisotopic (exact) mass is 458 g/mol. The molecule has 0 spiro atoms. The summed E-state index contributed by atoms with van der Waals surface area (Å²) in [7, 11) is 0. The van der Waals surface area contributed by atoms with E-state index in [1.165, 1.54) is 35.0 Å². The second kappa shape index (κ2) is 10.2. The van der Waals surface area contributed by atoms with Gasteiger partial charge in [0.15, 0.2) is 5.78 Å². The van der Waals surface area contributed by atoms with Crippen molar-refractivity contribution in [2.45, 2.75) is 25.4 Å². The normalized spacial score (nSPS) is 14.3. The first-order valence-corrected chi connectivity index (χ1v) is 12.0. The number of pyridine rings is 1. The molecule has 1 amide bonds. The Balaban J connectivity index is 1.33. The molecule has 0 saturated carbocycles. The van der Waals surface area contributed by atoms with Gasteiger partial charge in [-0.05, 0) is 36.2 Å². The molecule has 1 saturated heterocycles. The van der Waals surface area contributed by atoms with Crippen LogP contribution in [-0.4, -0.2) is 58.4 Å². The summed E-state index contributed by atoms with van der Waals surface area (Å²) in [6.07, 6.45) is 0. The lowest BCUT2D eigenvalue weighted by Crippen LogP contribution is -2.48. The van der Waals surface area contributed by atoms with Gasteiger partial charge in [-0.1, -0.05) is 54.2 Å². The largest absolute Gasteiger partial charge is 0.339 e. The topological polar surface area (TPSA) is 77.3 Å². The van der Waals surface area contributed by atoms with E-state index >= 15 is 0 Å². The predicted octanol–water partition coefficient (Wildman–Crippen LogP) is 4.05. The van der Waals surface area contributed by atoms with Gasteiger partial charge in [-0.15, -0.1) is 0 Å². The predicted molar refractivity (Wildman–Crippen MR) is 130 cm³/mol. The van der Waals surface area contributed by atoms with Crippen LogP contribution < -0.4 is 0 Å². The fourth-order valence-corrected chi connectivity index (χ4v) is 5.08. The van der Waals surface area contributed by atoms with Crippen LogP contribution in [0.1, 0.15) is 34.1 Å². The van der Waals surface area contributed by atoms with Gasteiger partial charge in [-0.2, -0.15) is 5.26 Å². The summed E-state index contributed by atoms with van der Waals surface area (Å²) in [6, 6.07) is 18.5. The zero-order valence-electron chi connectivity index (χ0n) is 18.9. The number of ketones is 1. The van der Waals surface area contributed by atoms with Crippen molar-refractivity contribution in [2.75, 3.05) is 31.9 Å². The van der Waals surface area contributed by atoms with E-state index in [4.69, 9.17) is 0 Å². The minimum absolute atomic E-state index is 0.0452. The number of aryl methyl sites for hydroxylation is 1. The lowest BCUT2D eigenvalue weighted by Gasteiger charge is -2.35. The SMILES string of the molecule is CC(=O)c1cc(C#N)c(SCC(=O)N2CCN(Cc3cccc4ccccc34)CC2)nc1C. The molecule has 6 nitrogen and oxygen atoms in total. The quantitative estimate of drug-likeness (QED) is 0.410. The number of piperazine rings is 1. The first-order chi connectivity index (χ1) is 16.0. The minimum Gasteiger partial charge on any atom is -0.339 e. The average Bonchev–Trinajstić information content (AvgIpc) is 2.83. The van der Waals surface area contributed by atoms with E-state index in [-0.39, 0.29) is 17.4 Å². The number of carbonyl (C=O) groups excluding carboxylic acids is 2. The Bertz CT molecular complexity index is 1240. The molecule has 33 heavy (non-hydrogen) atoms. The van der Waals surface area contributed by atoms with Gasteiger partial charge in [0.2, 0.25) is 5.91 Å². The summed E-state index contributed by atoms with van der Waals surface area (Å²) in [5, 5.41) is 12.5. The molecule has 0 unspecified atom stereocenters. The molecular weight excluding hydrogens is 432 g/mol. The molecule has 0 N–H and O–H groups in total. The number of Topliss-reactive ketones (excluding diaryl/α,β-unsaturated/α-hetero) is 1. The number of hydrogen-bond donors (Lipinski definition) is 0. The zero-order valence-corrected chi connectivity index (χ0v) is 19.7. The highest BCUT2D eigenvalue weighted by atomic mass is 32.2. The average molecular weight is 459 g/mol. The summed E-state index contributed by atoms with van der Waals surface area (Å²) in [5.41, 5.74) is 2.68. The molecular formula is C26H26N4O2S. The van der Waals surface area contributed by atoms with Crippen molar-refractivity contribution in [2.24, 2.45) is 0 Å². The van der Waals surface area contributed by atoms with E-state index in [1.807, 2.05) is 4.90 Å². The summed E-state index contributed by atoms with van der Waals surface area (Å²) in [6.45, 7) is 7.10. The molecule has 0 atom stereocenters. The molecule has 2 aromatic carbocycles. The van der Waals surface area contributed by atoms with Crippen LogP contribution >= 0.6 is 11.8 Å². The van der Waals surface area contributed by atoms with Gasteiger partial charge in [0.1, 0.15) is 11.1 Å². The van der Waals surface area contributed by atoms with Crippen molar-refractivity contribution in [1.82, 2.24) is 14.8 Å². The second-order valence-electron chi connectivity index (χ2n) is 8.23. The van der Waals surface area contributed by atoms with Crippen LogP contribution in [0.3, 0.4) is 0 Å². The molecule has 1 fully saturated rings. The van der Waals surface area contributed by atoms with Crippen molar-refractivity contribution >= 4 is 34.2 Å². The summed E-state index contributed by atoms with van der Waals surface area (Å²) in [5.74, 6) is 0.151. The number of nitriles is 1. The number of fused-ring (bicyclic) bond motifs is 1. The van der Waals surface area contributed by atoms with Gasteiger partial charge in [0, 0.05) is 44.0 Å². The van der Waals surface area contributed by atoms with Crippen LogP contribution in [0.15, 0.2) is 53.6 Å². The Morgan fingerprint density at radius 1 is 1.09 bits per heavy atom. The van der Waals surface area contributed by atoms with Crippen LogP contribution in [-0.2, 0) is 11.3 Å². The molecule has 1 aromatic heterocycles. The Morgan fingerprint density at radius 3 is 2.55 bits per heavy atom. The molecule has 2 heterocycles. The summed E-state index contributed by atoms with van der Waals surface area (Å²) >= 11 is 1.26. The fourth-order valence-electron chi connectivity index (χ4n) is 4.18. The smallest absolute Gasteiger partial charge is 0.233 e. The summed E-state index contributed by atoms with van der Waals surface area (Å²) < 4.78 is 0. The van der Waals surface area contributed by atoms with Crippen molar-refractivity contribution in [3.8, 4) is 6.07 Å². The number of thioether (sulfide) groups is 1. The summed E-state index contributed by atoms with van der Waals surface area (Å²) in [4.78, 5) is 33.2. The van der Waals surface area contributed by atoms with Crippen molar-refractivity contribution in [1.29, 1.82) is 5.26 Å². The third kappa shape index (κ3) is 5.24. The van der Waals surface area contributed by atoms with Gasteiger partial charge >= 0.3 is 0 Å². The van der Waals surface area contributed by atoms with Gasteiger partial charge < -0.3 is 4.90 Å². The van der Waals surface area contributed by atoms with E-state index in [0.29, 0.717) is 34.9 Å². The standard InChI is InChI=1S/C26H26N4O2S/c1-18-24(19(2)31)14-22(15-27)26(28-18)33-17-25(32)30-12-10-29(11-13-30)16-21-8-5-7-20-6-3-4-9-23(20)21/h3-9,14H,10-13,16-17H2,1-2H3. The van der Waals surface area contributed by atoms with Crippen LogP contribution in [0.25, 0.3) is 10.8 Å². The number of rotatable bonds is 6. The number of aromatic nitrogens is 1. The molecule has 4 rings (SSSR count). The van der Waals surface area contributed by atoms with Crippen LogP contribution in [0.2, 0.25) is 0 Å². The molecule has 1 aliphatic heterocycles. The molecule has 0 aliphatic carbocycles. The molecule has 3 aromatic rings. The maximum absolute atomic E-state index is 12.8. The molecule has 0 bridgehead atoms. The van der Waals surface area contributed by atoms with Crippen molar-refractivity contribution in [3.63, 3.8) is 0 Å². The van der Waals surface area contributed by atoms with Crippen molar-refractivity contribution in [3.05, 3.63) is 70.9 Å². The van der Waals surface area contributed by atoms with Gasteiger partial charge in [0.05, 0.1) is 11.3 Å². The Hall–Kier alpha value is -3.21. The highest BCUT2D eigenvalue weighted by molar-refractivity contribution is 8.00. The third-order valence-corrected chi connectivity index (χ3v) is 6.99. The third-order valence-electron chi connectivity index (χ3n) is 6.01. The minimum atomic E-state index is -0.120. The Kier molecular flexibility index (Phi) is 7.07. The molecule has 1 aliphatic rings. The van der Waals surface area contributed by atoms with Crippen LogP contribution in [0.5, 0.6) is 0 Å². The lowest BCUT2D eigenvalue weighted by atomic mass is 10.0. The molecule has 7 heteroatoms. The maximum Gasteiger partial charge on any atom is 0.233 e. The van der Waals surface area contributed by atoms with E-state index < -0.39 is 0 Å². The lowest BCUT2D eigenvalue weighted by molar-refractivity contribution is -0.130. The van der Waals surface area contributed by atoms with E-state index in [2.05, 4.69) is 58.4 Å². The van der Waals surface area contributed by atoms with E-state index in [0.717, 1.165) is 19.6 Å². The second-order valence-corrected chi connectivity index (χ2v) is 9.19. The highest BCUT2D eigenvalue weighted by Gasteiger charge is 2.22. The van der Waals surface area contributed by atoms with Gasteiger partial charge in [0.25, 0.3) is 0 Å².